The summed E-state index contributed by atoms with van der Waals surface area (Å²) in [7, 11) is 3.44. The maximum atomic E-state index is 14.3. The molecule has 2 aliphatic heterocycles. The topological polar surface area (TPSA) is 113 Å². The summed E-state index contributed by atoms with van der Waals surface area (Å²) in [6.07, 6.45) is 2.67. The van der Waals surface area contributed by atoms with E-state index >= 15 is 0 Å². The quantitative estimate of drug-likeness (QED) is 0.271. The van der Waals surface area contributed by atoms with Crippen LogP contribution in [0.3, 0.4) is 0 Å². The Hall–Kier alpha value is -3.58. The van der Waals surface area contributed by atoms with Crippen molar-refractivity contribution in [1.29, 1.82) is 0 Å². The second-order valence-corrected chi connectivity index (χ2v) is 14.9. The van der Waals surface area contributed by atoms with E-state index in [-0.39, 0.29) is 52.8 Å². The number of methoxy groups -OCH3 is 1. The predicted molar refractivity (Wildman–Crippen MR) is 182 cm³/mol. The highest BCUT2D eigenvalue weighted by Gasteiger charge is 2.50. The lowest BCUT2D eigenvalue weighted by molar-refractivity contribution is -0.0543. The molecule has 266 valence electrons. The van der Waals surface area contributed by atoms with Crippen LogP contribution in [0.5, 0.6) is 11.6 Å². The van der Waals surface area contributed by atoms with Gasteiger partial charge in [-0.15, -0.1) is 10.2 Å². The van der Waals surface area contributed by atoms with Gasteiger partial charge in [-0.1, -0.05) is 13.8 Å². The first-order valence-electron chi connectivity index (χ1n) is 17.0. The van der Waals surface area contributed by atoms with Crippen molar-refractivity contribution in [3.63, 3.8) is 0 Å². The maximum absolute atomic E-state index is 14.3. The summed E-state index contributed by atoms with van der Waals surface area (Å²) in [5.41, 5.74) is -0.348. The number of rotatable bonds is 13. The molecule has 1 aromatic heterocycles. The van der Waals surface area contributed by atoms with Gasteiger partial charge < -0.3 is 28.9 Å². The smallest absolute Gasteiger partial charge is 0.410 e. The zero-order chi connectivity index (χ0) is 35.4. The molecule has 0 unspecified atom stereocenters. The van der Waals surface area contributed by atoms with E-state index in [0.717, 1.165) is 39.0 Å². The van der Waals surface area contributed by atoms with E-state index in [1.807, 2.05) is 41.5 Å². The second-order valence-electron chi connectivity index (χ2n) is 14.9. The van der Waals surface area contributed by atoms with Crippen LogP contribution in [0.25, 0.3) is 0 Å². The zero-order valence-electron chi connectivity index (χ0n) is 30.3. The lowest BCUT2D eigenvalue weighted by Crippen LogP contribution is -2.62. The highest BCUT2D eigenvalue weighted by molar-refractivity contribution is 5.97. The van der Waals surface area contributed by atoms with Crippen LogP contribution in [0.4, 0.5) is 15.0 Å². The number of carbonyl (C=O) groups is 2. The molecule has 2 aromatic rings. The summed E-state index contributed by atoms with van der Waals surface area (Å²) < 4.78 is 31.9. The summed E-state index contributed by atoms with van der Waals surface area (Å²) in [6, 6.07) is 4.14. The van der Waals surface area contributed by atoms with E-state index < -0.39 is 11.4 Å². The van der Waals surface area contributed by atoms with Gasteiger partial charge in [-0.25, -0.2) is 14.2 Å². The van der Waals surface area contributed by atoms with E-state index in [4.69, 9.17) is 14.2 Å². The Balaban J connectivity index is 1.43. The van der Waals surface area contributed by atoms with Crippen molar-refractivity contribution in [1.82, 2.24) is 29.9 Å². The molecule has 13 heteroatoms. The average Bonchev–Trinajstić information content (AvgIpc) is 3.44. The fourth-order valence-electron chi connectivity index (χ4n) is 6.80. The summed E-state index contributed by atoms with van der Waals surface area (Å²) in [5, 5.41) is 8.20. The molecule has 0 radical (unpaired) electrons. The summed E-state index contributed by atoms with van der Waals surface area (Å²) in [6.45, 7) is 20.1. The van der Waals surface area contributed by atoms with Crippen molar-refractivity contribution < 1.29 is 28.2 Å². The third kappa shape index (κ3) is 8.90. The number of carbonyl (C=O) groups excluding carboxylic acids is 2. The number of likely N-dealkylation sites (tertiary alicyclic amines) is 1. The van der Waals surface area contributed by atoms with Crippen LogP contribution in [0.15, 0.2) is 24.5 Å². The minimum absolute atomic E-state index is 0.0653. The van der Waals surface area contributed by atoms with Crippen LogP contribution in [0.1, 0.15) is 78.6 Å². The predicted octanol–water partition coefficient (Wildman–Crippen LogP) is 5.48. The Morgan fingerprint density at radius 2 is 1.83 bits per heavy atom. The first-order chi connectivity index (χ1) is 22.6. The first-order valence-corrected chi connectivity index (χ1v) is 17.0. The standard InChI is InChI=1S/C35H54FN7O5/c1-11-43(24(4)5)32(44)27-16-25(36)12-13-29(27)47-31-30(37-22-38-39-31)41-15-14-35(19-41)20-42(21-35)28(23(2)3)17-26(46-10)18-40(9)33(45)48-34(6,7)8/h12-13,16,22-24,26,28H,11,14-15,17-21H2,1-10H3/t26-,28-/m1/s1. The summed E-state index contributed by atoms with van der Waals surface area (Å²) >= 11 is 0. The molecule has 48 heavy (non-hydrogen) atoms. The molecule has 1 spiro atoms. The maximum Gasteiger partial charge on any atom is 0.410 e. The summed E-state index contributed by atoms with van der Waals surface area (Å²) in [4.78, 5) is 38.4. The van der Waals surface area contributed by atoms with Crippen molar-refractivity contribution in [2.45, 2.75) is 92.0 Å². The van der Waals surface area contributed by atoms with Crippen LogP contribution >= 0.6 is 0 Å². The molecule has 2 fully saturated rings. The van der Waals surface area contributed by atoms with Gasteiger partial charge in [-0.2, -0.15) is 0 Å². The normalized spacial score (nSPS) is 17.4. The molecule has 2 atom stereocenters. The number of hydrogen-bond donors (Lipinski definition) is 0. The van der Waals surface area contributed by atoms with Gasteiger partial charge in [0.05, 0.1) is 11.7 Å². The Labute approximate surface area is 284 Å². The Morgan fingerprint density at radius 1 is 1.12 bits per heavy atom. The number of nitrogens with zero attached hydrogens (tertiary/aromatic N) is 7. The second kappa shape index (κ2) is 15.3. The molecular formula is C35H54FN7O5. The van der Waals surface area contributed by atoms with E-state index in [0.29, 0.717) is 24.8 Å². The van der Waals surface area contributed by atoms with Gasteiger partial charge in [0.25, 0.3) is 11.8 Å². The molecule has 3 heterocycles. The average molecular weight is 672 g/mol. The van der Waals surface area contributed by atoms with Gasteiger partial charge >= 0.3 is 6.09 Å². The van der Waals surface area contributed by atoms with Crippen LogP contribution in [-0.4, -0.2) is 119 Å². The molecule has 1 aromatic carbocycles. The molecule has 4 rings (SSSR count). The van der Waals surface area contributed by atoms with Crippen molar-refractivity contribution in [2.24, 2.45) is 11.3 Å². The van der Waals surface area contributed by atoms with E-state index in [1.54, 1.807) is 24.0 Å². The molecule has 2 amide bonds. The molecule has 2 aliphatic rings. The molecule has 2 saturated heterocycles. The van der Waals surface area contributed by atoms with Crippen LogP contribution < -0.4 is 9.64 Å². The Morgan fingerprint density at radius 3 is 2.44 bits per heavy atom. The largest absolute Gasteiger partial charge is 0.444 e. The molecule has 0 saturated carbocycles. The lowest BCUT2D eigenvalue weighted by atomic mass is 9.76. The Kier molecular flexibility index (Phi) is 11.9. The molecule has 12 nitrogen and oxygen atoms in total. The van der Waals surface area contributed by atoms with Gasteiger partial charge in [0, 0.05) is 70.9 Å². The lowest BCUT2D eigenvalue weighted by Gasteiger charge is -2.53. The number of ether oxygens (including phenoxy) is 3. The highest BCUT2D eigenvalue weighted by Crippen LogP contribution is 2.44. The zero-order valence-corrected chi connectivity index (χ0v) is 30.3. The van der Waals surface area contributed by atoms with E-state index in [2.05, 4.69) is 38.8 Å². The van der Waals surface area contributed by atoms with Crippen LogP contribution in [0, 0.1) is 17.2 Å². The van der Waals surface area contributed by atoms with Gasteiger partial charge in [-0.05, 0) is 78.5 Å². The van der Waals surface area contributed by atoms with Crippen molar-refractivity contribution in [3.8, 4) is 11.6 Å². The van der Waals surface area contributed by atoms with Crippen LogP contribution in [-0.2, 0) is 9.47 Å². The number of halogens is 1. The number of amides is 2. The van der Waals surface area contributed by atoms with E-state index in [1.165, 1.54) is 24.5 Å². The minimum atomic E-state index is -0.558. The van der Waals surface area contributed by atoms with E-state index in [9.17, 15) is 14.0 Å². The first kappa shape index (κ1) is 37.2. The van der Waals surface area contributed by atoms with Crippen molar-refractivity contribution in [2.75, 3.05) is 58.3 Å². The monoisotopic (exact) mass is 671 g/mol. The highest BCUT2D eigenvalue weighted by atomic mass is 19.1. The van der Waals surface area contributed by atoms with Gasteiger partial charge in [0.2, 0.25) is 0 Å². The number of aromatic nitrogens is 3. The number of benzene rings is 1. The van der Waals surface area contributed by atoms with Crippen molar-refractivity contribution >= 4 is 17.8 Å². The fourth-order valence-corrected chi connectivity index (χ4v) is 6.80. The van der Waals surface area contributed by atoms with Gasteiger partial charge in [0.15, 0.2) is 5.82 Å². The third-order valence-corrected chi connectivity index (χ3v) is 9.25. The Bertz CT molecular complexity index is 1410. The molecule has 0 aliphatic carbocycles. The van der Waals surface area contributed by atoms with Crippen LogP contribution in [0.2, 0.25) is 0 Å². The number of hydrogen-bond acceptors (Lipinski definition) is 10. The number of likely N-dealkylation sites (N-methyl/N-ethyl adjacent to an activating group) is 1. The van der Waals surface area contributed by atoms with Crippen molar-refractivity contribution in [3.05, 3.63) is 35.9 Å². The van der Waals surface area contributed by atoms with Gasteiger partial charge in [-0.3, -0.25) is 9.69 Å². The van der Waals surface area contributed by atoms with Gasteiger partial charge in [0.1, 0.15) is 23.5 Å². The fraction of sp³-hybridized carbons (Fsp3) is 0.686. The number of anilines is 1. The molecular weight excluding hydrogens is 617 g/mol. The SMILES string of the molecule is CCN(C(=O)c1cc(F)ccc1Oc1nncnc1N1CCC2(C1)CN([C@H](C[C@H](CN(C)C(=O)OC(C)(C)C)OC)C(C)C)C2)C(C)C. The molecule has 0 N–H and O–H groups in total. The minimum Gasteiger partial charge on any atom is -0.444 e. The third-order valence-electron chi connectivity index (χ3n) is 9.25. The summed E-state index contributed by atoms with van der Waals surface area (Å²) in [5.74, 6) is 0.480. The molecule has 0 bridgehead atoms.